The Balaban J connectivity index is 1.46. The van der Waals surface area contributed by atoms with Crippen molar-refractivity contribution in [2.45, 2.75) is 97.3 Å². The minimum Gasteiger partial charge on any atom is -0.0654 e. The Morgan fingerprint density at radius 3 is 1.88 bits per heavy atom. The van der Waals surface area contributed by atoms with Crippen LogP contribution in [0.2, 0.25) is 0 Å². The molecule has 3 rings (SSSR count). The number of benzene rings is 1. The van der Waals surface area contributed by atoms with Crippen LogP contribution >= 0.6 is 0 Å². The van der Waals surface area contributed by atoms with Crippen LogP contribution in [0.15, 0.2) is 24.3 Å². The van der Waals surface area contributed by atoms with Gasteiger partial charge in [0.15, 0.2) is 0 Å². The summed E-state index contributed by atoms with van der Waals surface area (Å²) in [5.74, 6) is 4.75. The summed E-state index contributed by atoms with van der Waals surface area (Å²) < 4.78 is 0. The maximum Gasteiger partial charge on any atom is -0.0162 e. The first kappa shape index (κ1) is 19.0. The highest BCUT2D eigenvalue weighted by Crippen LogP contribution is 2.44. The molecule has 2 aliphatic rings. The third-order valence-electron chi connectivity index (χ3n) is 7.12. The second-order valence-corrected chi connectivity index (χ2v) is 9.52. The molecule has 0 aromatic heterocycles. The van der Waals surface area contributed by atoms with Crippen molar-refractivity contribution in [3.63, 3.8) is 0 Å². The first-order valence-corrected chi connectivity index (χ1v) is 11.2. The molecular formula is C25H40. The van der Waals surface area contributed by atoms with E-state index in [0.717, 1.165) is 29.6 Å². The Morgan fingerprint density at radius 1 is 0.800 bits per heavy atom. The monoisotopic (exact) mass is 340 g/mol. The zero-order valence-corrected chi connectivity index (χ0v) is 17.0. The fourth-order valence-corrected chi connectivity index (χ4v) is 5.68. The standard InChI is InChI=1S/C25H40/c1-4-5-20-6-10-22(11-7-20)24-14-16-25(17-15-24)23-12-8-21(9-13-23)18-19(2)3/h8-9,12-13,19-20,22,24-25H,4-7,10-11,14-18H2,1-3H3. The first-order valence-electron chi connectivity index (χ1n) is 11.2. The van der Waals surface area contributed by atoms with E-state index in [1.807, 2.05) is 0 Å². The number of rotatable bonds is 6. The van der Waals surface area contributed by atoms with Gasteiger partial charge in [-0.2, -0.15) is 0 Å². The third-order valence-corrected chi connectivity index (χ3v) is 7.12. The maximum absolute atomic E-state index is 2.43. The van der Waals surface area contributed by atoms with E-state index < -0.39 is 0 Å². The van der Waals surface area contributed by atoms with E-state index in [0.29, 0.717) is 0 Å². The average Bonchev–Trinajstić information content (AvgIpc) is 2.63. The average molecular weight is 341 g/mol. The fourth-order valence-electron chi connectivity index (χ4n) is 5.68. The van der Waals surface area contributed by atoms with Crippen LogP contribution in [-0.4, -0.2) is 0 Å². The molecule has 0 unspecified atom stereocenters. The van der Waals surface area contributed by atoms with Crippen molar-refractivity contribution in [3.05, 3.63) is 35.4 Å². The van der Waals surface area contributed by atoms with Crippen LogP contribution < -0.4 is 0 Å². The Morgan fingerprint density at radius 2 is 1.36 bits per heavy atom. The summed E-state index contributed by atoms with van der Waals surface area (Å²) in [6.45, 7) is 6.97. The molecule has 2 saturated carbocycles. The molecule has 1 aromatic carbocycles. The van der Waals surface area contributed by atoms with Crippen molar-refractivity contribution in [2.75, 3.05) is 0 Å². The summed E-state index contributed by atoms with van der Waals surface area (Å²) in [7, 11) is 0. The summed E-state index contributed by atoms with van der Waals surface area (Å²) >= 11 is 0. The van der Waals surface area contributed by atoms with Crippen LogP contribution in [0.4, 0.5) is 0 Å². The predicted octanol–water partition coefficient (Wildman–Crippen LogP) is 7.77. The van der Waals surface area contributed by atoms with E-state index in [9.17, 15) is 0 Å². The van der Waals surface area contributed by atoms with Crippen molar-refractivity contribution in [1.29, 1.82) is 0 Å². The van der Waals surface area contributed by atoms with Gasteiger partial charge in [0, 0.05) is 0 Å². The van der Waals surface area contributed by atoms with E-state index in [1.165, 1.54) is 76.2 Å². The van der Waals surface area contributed by atoms with E-state index in [1.54, 1.807) is 5.56 Å². The number of hydrogen-bond donors (Lipinski definition) is 0. The highest BCUT2D eigenvalue weighted by molar-refractivity contribution is 5.26. The summed E-state index contributed by atoms with van der Waals surface area (Å²) in [5.41, 5.74) is 3.12. The molecule has 25 heavy (non-hydrogen) atoms. The second-order valence-electron chi connectivity index (χ2n) is 9.52. The van der Waals surface area contributed by atoms with Gasteiger partial charge in [-0.25, -0.2) is 0 Å². The Bertz CT molecular complexity index is 481. The van der Waals surface area contributed by atoms with Gasteiger partial charge in [0.1, 0.15) is 0 Å². The molecule has 0 nitrogen and oxygen atoms in total. The lowest BCUT2D eigenvalue weighted by atomic mass is 9.68. The van der Waals surface area contributed by atoms with Crippen molar-refractivity contribution in [3.8, 4) is 0 Å². The van der Waals surface area contributed by atoms with Gasteiger partial charge in [-0.1, -0.05) is 70.7 Å². The zero-order valence-electron chi connectivity index (χ0n) is 17.0. The largest absolute Gasteiger partial charge is 0.0654 e. The molecule has 0 saturated heterocycles. The summed E-state index contributed by atoms with van der Waals surface area (Å²) in [6.07, 6.45) is 16.0. The van der Waals surface area contributed by atoms with Gasteiger partial charge in [-0.3, -0.25) is 0 Å². The van der Waals surface area contributed by atoms with Crippen LogP contribution in [0.3, 0.4) is 0 Å². The molecule has 0 spiro atoms. The topological polar surface area (TPSA) is 0 Å². The fraction of sp³-hybridized carbons (Fsp3) is 0.760. The van der Waals surface area contributed by atoms with Gasteiger partial charge >= 0.3 is 0 Å². The second kappa shape index (κ2) is 9.24. The van der Waals surface area contributed by atoms with Crippen molar-refractivity contribution < 1.29 is 0 Å². The van der Waals surface area contributed by atoms with Crippen molar-refractivity contribution >= 4 is 0 Å². The molecule has 0 aliphatic heterocycles. The SMILES string of the molecule is CCCC1CCC(C2CCC(c3ccc(CC(C)C)cc3)CC2)CC1. The van der Waals surface area contributed by atoms with Gasteiger partial charge < -0.3 is 0 Å². The van der Waals surface area contributed by atoms with Crippen LogP contribution in [-0.2, 0) is 6.42 Å². The lowest BCUT2D eigenvalue weighted by molar-refractivity contribution is 0.156. The Hall–Kier alpha value is -0.780. The van der Waals surface area contributed by atoms with Crippen LogP contribution in [0.25, 0.3) is 0 Å². The zero-order chi connectivity index (χ0) is 17.6. The van der Waals surface area contributed by atoms with Crippen molar-refractivity contribution in [1.82, 2.24) is 0 Å². The van der Waals surface area contributed by atoms with E-state index in [2.05, 4.69) is 45.0 Å². The minimum absolute atomic E-state index is 0.758. The molecule has 0 heterocycles. The quantitative estimate of drug-likeness (QED) is 0.496. The van der Waals surface area contributed by atoms with Gasteiger partial charge in [-0.05, 0) is 85.7 Å². The molecule has 1 aromatic rings. The summed E-state index contributed by atoms with van der Waals surface area (Å²) in [6, 6.07) is 9.63. The van der Waals surface area contributed by atoms with E-state index in [4.69, 9.17) is 0 Å². The Kier molecular flexibility index (Phi) is 7.02. The molecule has 0 N–H and O–H groups in total. The predicted molar refractivity (Wildman–Crippen MR) is 110 cm³/mol. The van der Waals surface area contributed by atoms with Crippen molar-refractivity contribution in [2.24, 2.45) is 23.7 Å². The third kappa shape index (κ3) is 5.35. The molecule has 0 atom stereocenters. The van der Waals surface area contributed by atoms with E-state index in [-0.39, 0.29) is 0 Å². The molecule has 0 heteroatoms. The molecular weight excluding hydrogens is 300 g/mol. The lowest BCUT2D eigenvalue weighted by Crippen LogP contribution is -2.25. The normalized spacial score (nSPS) is 30.6. The molecule has 140 valence electrons. The molecule has 2 fully saturated rings. The molecule has 0 radical (unpaired) electrons. The van der Waals surface area contributed by atoms with Gasteiger partial charge in [0.2, 0.25) is 0 Å². The first-order chi connectivity index (χ1) is 12.2. The maximum atomic E-state index is 2.43. The minimum atomic E-state index is 0.758. The van der Waals surface area contributed by atoms with E-state index >= 15 is 0 Å². The van der Waals surface area contributed by atoms with Crippen LogP contribution in [0.5, 0.6) is 0 Å². The molecule has 0 amide bonds. The molecule has 2 aliphatic carbocycles. The summed E-state index contributed by atoms with van der Waals surface area (Å²) in [4.78, 5) is 0. The van der Waals surface area contributed by atoms with Gasteiger partial charge in [0.25, 0.3) is 0 Å². The Labute approximate surface area is 156 Å². The molecule has 0 bridgehead atoms. The highest BCUT2D eigenvalue weighted by atomic mass is 14.4. The van der Waals surface area contributed by atoms with Crippen LogP contribution in [0.1, 0.15) is 102 Å². The lowest BCUT2D eigenvalue weighted by Gasteiger charge is -2.38. The number of hydrogen-bond acceptors (Lipinski definition) is 0. The highest BCUT2D eigenvalue weighted by Gasteiger charge is 2.31. The summed E-state index contributed by atoms with van der Waals surface area (Å²) in [5, 5.41) is 0. The van der Waals surface area contributed by atoms with Crippen LogP contribution in [0, 0.1) is 23.7 Å². The smallest absolute Gasteiger partial charge is 0.0162 e. The van der Waals surface area contributed by atoms with Gasteiger partial charge in [0.05, 0.1) is 0 Å². The van der Waals surface area contributed by atoms with Gasteiger partial charge in [-0.15, -0.1) is 0 Å².